The van der Waals surface area contributed by atoms with E-state index in [0.29, 0.717) is 6.04 Å². The largest absolute Gasteiger partial charge is 0.353 e. The highest BCUT2D eigenvalue weighted by Crippen LogP contribution is 2.35. The Morgan fingerprint density at radius 3 is 2.87 bits per heavy atom. The summed E-state index contributed by atoms with van der Waals surface area (Å²) < 4.78 is 0. The first-order valence-corrected chi connectivity index (χ1v) is 6.12. The van der Waals surface area contributed by atoms with Gasteiger partial charge in [-0.2, -0.15) is 0 Å². The van der Waals surface area contributed by atoms with Crippen LogP contribution in [0, 0.1) is 11.8 Å². The van der Waals surface area contributed by atoms with Crippen LogP contribution in [0.25, 0.3) is 0 Å². The van der Waals surface area contributed by atoms with E-state index >= 15 is 0 Å². The van der Waals surface area contributed by atoms with Gasteiger partial charge in [0.05, 0.1) is 0 Å². The zero-order valence-electron chi connectivity index (χ0n) is 9.83. The van der Waals surface area contributed by atoms with Crippen molar-refractivity contribution in [3.63, 3.8) is 0 Å². The van der Waals surface area contributed by atoms with E-state index in [1.807, 2.05) is 0 Å². The molecule has 1 saturated heterocycles. The van der Waals surface area contributed by atoms with E-state index in [1.165, 1.54) is 38.8 Å². The SMILES string of the molecule is CC(=O)NC1CCCC2CN(C)CCC21. The third-order valence-electron chi connectivity index (χ3n) is 3.99. The lowest BCUT2D eigenvalue weighted by Gasteiger charge is -2.44. The van der Waals surface area contributed by atoms with Gasteiger partial charge in [-0.25, -0.2) is 0 Å². The smallest absolute Gasteiger partial charge is 0.217 e. The van der Waals surface area contributed by atoms with E-state index in [4.69, 9.17) is 0 Å². The summed E-state index contributed by atoms with van der Waals surface area (Å²) in [6.45, 7) is 4.05. The average Bonchev–Trinajstić information content (AvgIpc) is 2.16. The van der Waals surface area contributed by atoms with Crippen molar-refractivity contribution >= 4 is 5.91 Å². The third kappa shape index (κ3) is 2.51. The highest BCUT2D eigenvalue weighted by Gasteiger charge is 2.36. The number of amides is 1. The fourth-order valence-electron chi connectivity index (χ4n) is 3.32. The van der Waals surface area contributed by atoms with Gasteiger partial charge >= 0.3 is 0 Å². The summed E-state index contributed by atoms with van der Waals surface area (Å²) in [5.41, 5.74) is 0. The fraction of sp³-hybridized carbons (Fsp3) is 0.917. The van der Waals surface area contributed by atoms with Crippen molar-refractivity contribution in [2.24, 2.45) is 11.8 Å². The van der Waals surface area contributed by atoms with Crippen molar-refractivity contribution in [3.05, 3.63) is 0 Å². The fourth-order valence-corrected chi connectivity index (χ4v) is 3.32. The number of likely N-dealkylation sites (tertiary alicyclic amines) is 1. The highest BCUT2D eigenvalue weighted by atomic mass is 16.1. The van der Waals surface area contributed by atoms with Gasteiger partial charge in [0.25, 0.3) is 0 Å². The van der Waals surface area contributed by atoms with E-state index in [2.05, 4.69) is 17.3 Å². The van der Waals surface area contributed by atoms with Gasteiger partial charge in [-0.3, -0.25) is 4.79 Å². The number of piperidine rings is 1. The maximum atomic E-state index is 11.1. The molecule has 0 bridgehead atoms. The van der Waals surface area contributed by atoms with Gasteiger partial charge in [0, 0.05) is 19.5 Å². The van der Waals surface area contributed by atoms with Gasteiger partial charge in [-0.15, -0.1) is 0 Å². The molecule has 0 spiro atoms. The summed E-state index contributed by atoms with van der Waals surface area (Å²) in [5, 5.41) is 3.14. The molecule has 15 heavy (non-hydrogen) atoms. The van der Waals surface area contributed by atoms with E-state index < -0.39 is 0 Å². The van der Waals surface area contributed by atoms with Crippen molar-refractivity contribution in [2.75, 3.05) is 20.1 Å². The van der Waals surface area contributed by atoms with Crippen LogP contribution in [0.4, 0.5) is 0 Å². The summed E-state index contributed by atoms with van der Waals surface area (Å²) in [5.74, 6) is 1.69. The van der Waals surface area contributed by atoms with Crippen LogP contribution < -0.4 is 5.32 Å². The zero-order chi connectivity index (χ0) is 10.8. The lowest BCUT2D eigenvalue weighted by molar-refractivity contribution is -0.120. The quantitative estimate of drug-likeness (QED) is 0.706. The van der Waals surface area contributed by atoms with Crippen molar-refractivity contribution in [1.82, 2.24) is 10.2 Å². The van der Waals surface area contributed by atoms with Gasteiger partial charge in [-0.1, -0.05) is 6.42 Å². The Bertz CT molecular complexity index is 242. The first-order chi connectivity index (χ1) is 7.16. The molecule has 3 heteroatoms. The molecule has 1 heterocycles. The molecule has 3 unspecified atom stereocenters. The monoisotopic (exact) mass is 210 g/mol. The first-order valence-electron chi connectivity index (χ1n) is 6.12. The Morgan fingerprint density at radius 2 is 2.13 bits per heavy atom. The maximum absolute atomic E-state index is 11.1. The number of carbonyl (C=O) groups is 1. The van der Waals surface area contributed by atoms with Gasteiger partial charge in [0.2, 0.25) is 5.91 Å². The Morgan fingerprint density at radius 1 is 1.33 bits per heavy atom. The Hall–Kier alpha value is -0.570. The molecule has 0 aromatic heterocycles. The molecule has 0 aromatic rings. The summed E-state index contributed by atoms with van der Waals surface area (Å²) >= 11 is 0. The minimum Gasteiger partial charge on any atom is -0.353 e. The molecular formula is C12H22N2O. The third-order valence-corrected chi connectivity index (χ3v) is 3.99. The standard InChI is InChI=1S/C12H22N2O/c1-9(15)13-12-5-3-4-10-8-14(2)7-6-11(10)12/h10-12H,3-8H2,1-2H3,(H,13,15). The van der Waals surface area contributed by atoms with Gasteiger partial charge in [0.15, 0.2) is 0 Å². The number of nitrogens with one attached hydrogen (secondary N) is 1. The van der Waals surface area contributed by atoms with E-state index in [1.54, 1.807) is 6.92 Å². The van der Waals surface area contributed by atoms with Crippen LogP contribution >= 0.6 is 0 Å². The Kier molecular flexibility index (Phi) is 3.29. The average molecular weight is 210 g/mol. The zero-order valence-corrected chi connectivity index (χ0v) is 9.83. The molecule has 86 valence electrons. The van der Waals surface area contributed by atoms with Gasteiger partial charge in [-0.05, 0) is 44.7 Å². The van der Waals surface area contributed by atoms with Crippen LogP contribution in [-0.2, 0) is 4.79 Å². The summed E-state index contributed by atoms with van der Waals surface area (Å²) in [6.07, 6.45) is 5.07. The number of rotatable bonds is 1. The second-order valence-corrected chi connectivity index (χ2v) is 5.21. The van der Waals surface area contributed by atoms with Crippen molar-refractivity contribution in [3.8, 4) is 0 Å². The molecule has 2 aliphatic rings. The Labute approximate surface area is 92.2 Å². The number of fused-ring (bicyclic) bond motifs is 1. The van der Waals surface area contributed by atoms with Crippen molar-refractivity contribution in [2.45, 2.75) is 38.6 Å². The first kappa shape index (κ1) is 10.9. The molecule has 1 amide bonds. The van der Waals surface area contributed by atoms with Crippen LogP contribution in [0.15, 0.2) is 0 Å². The number of hydrogen-bond donors (Lipinski definition) is 1. The van der Waals surface area contributed by atoms with Crippen LogP contribution in [0.3, 0.4) is 0 Å². The summed E-state index contributed by atoms with van der Waals surface area (Å²) in [4.78, 5) is 13.6. The maximum Gasteiger partial charge on any atom is 0.217 e. The van der Waals surface area contributed by atoms with E-state index in [0.717, 1.165) is 11.8 Å². The minimum atomic E-state index is 0.138. The van der Waals surface area contributed by atoms with Gasteiger partial charge in [0.1, 0.15) is 0 Å². The molecule has 0 radical (unpaired) electrons. The predicted octanol–water partition coefficient (Wildman–Crippen LogP) is 1.24. The molecule has 2 rings (SSSR count). The molecule has 3 atom stereocenters. The highest BCUT2D eigenvalue weighted by molar-refractivity contribution is 5.73. The second kappa shape index (κ2) is 4.52. The van der Waals surface area contributed by atoms with Crippen LogP contribution in [0.1, 0.15) is 32.6 Å². The topological polar surface area (TPSA) is 32.3 Å². The predicted molar refractivity (Wildman–Crippen MR) is 60.5 cm³/mol. The lowest BCUT2D eigenvalue weighted by atomic mass is 9.72. The molecular weight excluding hydrogens is 188 g/mol. The van der Waals surface area contributed by atoms with E-state index in [9.17, 15) is 4.79 Å². The van der Waals surface area contributed by atoms with Crippen LogP contribution in [0.5, 0.6) is 0 Å². The van der Waals surface area contributed by atoms with Crippen molar-refractivity contribution in [1.29, 1.82) is 0 Å². The summed E-state index contributed by atoms with van der Waals surface area (Å²) in [6, 6.07) is 0.454. The molecule has 2 fully saturated rings. The Balaban J connectivity index is 1.98. The molecule has 1 N–H and O–H groups in total. The minimum absolute atomic E-state index is 0.138. The molecule has 1 aliphatic carbocycles. The number of carbonyl (C=O) groups excluding carboxylic acids is 1. The molecule has 0 aromatic carbocycles. The normalized spacial score (nSPS) is 37.1. The number of nitrogens with zero attached hydrogens (tertiary/aromatic N) is 1. The van der Waals surface area contributed by atoms with E-state index in [-0.39, 0.29) is 5.91 Å². The number of hydrogen-bond acceptors (Lipinski definition) is 2. The molecule has 1 aliphatic heterocycles. The lowest BCUT2D eigenvalue weighted by Crippen LogP contribution is -2.50. The van der Waals surface area contributed by atoms with Crippen LogP contribution in [-0.4, -0.2) is 37.0 Å². The molecule has 1 saturated carbocycles. The van der Waals surface area contributed by atoms with Crippen molar-refractivity contribution < 1.29 is 4.79 Å². The second-order valence-electron chi connectivity index (χ2n) is 5.21. The van der Waals surface area contributed by atoms with Crippen LogP contribution in [0.2, 0.25) is 0 Å². The summed E-state index contributed by atoms with van der Waals surface area (Å²) in [7, 11) is 2.21. The van der Waals surface area contributed by atoms with Gasteiger partial charge < -0.3 is 10.2 Å². The molecule has 3 nitrogen and oxygen atoms in total.